The number of aromatic nitrogens is 3. The third kappa shape index (κ3) is 2.30. The molecule has 0 aliphatic carbocycles. The SMILES string of the molecule is [2H]c1c([2H])c([2H])c(C2=NCc3nnc(C)n3-c3ccc(Br)cc32)c(F)c1[2H]. The maximum atomic E-state index is 14.9. The highest BCUT2D eigenvalue weighted by molar-refractivity contribution is 9.10. The summed E-state index contributed by atoms with van der Waals surface area (Å²) in [5.74, 6) is 0.174. The summed E-state index contributed by atoms with van der Waals surface area (Å²) < 4.78 is 49.0. The van der Waals surface area contributed by atoms with E-state index in [-0.39, 0.29) is 17.8 Å². The lowest BCUT2D eigenvalue weighted by atomic mass is 10.00. The molecule has 2 aromatic carbocycles. The highest BCUT2D eigenvalue weighted by Gasteiger charge is 2.23. The maximum Gasteiger partial charge on any atom is 0.159 e. The average molecular weight is 375 g/mol. The van der Waals surface area contributed by atoms with Crippen LogP contribution in [0.3, 0.4) is 0 Å². The molecule has 1 aliphatic rings. The predicted molar refractivity (Wildman–Crippen MR) is 89.5 cm³/mol. The van der Waals surface area contributed by atoms with Gasteiger partial charge in [0, 0.05) is 15.6 Å². The van der Waals surface area contributed by atoms with Crippen LogP contribution in [0.1, 0.15) is 28.3 Å². The van der Waals surface area contributed by atoms with Crippen LogP contribution in [0.15, 0.2) is 51.8 Å². The van der Waals surface area contributed by atoms with Gasteiger partial charge in [-0.1, -0.05) is 28.0 Å². The Labute approximate surface area is 146 Å². The van der Waals surface area contributed by atoms with Crippen LogP contribution in [-0.4, -0.2) is 20.5 Å². The minimum Gasteiger partial charge on any atom is -0.281 e. The van der Waals surface area contributed by atoms with Crippen molar-refractivity contribution in [2.24, 2.45) is 4.99 Å². The van der Waals surface area contributed by atoms with E-state index in [1.54, 1.807) is 13.0 Å². The molecule has 0 saturated carbocycles. The van der Waals surface area contributed by atoms with E-state index in [1.807, 2.05) is 16.7 Å². The highest BCUT2D eigenvalue weighted by atomic mass is 79.9. The van der Waals surface area contributed by atoms with Gasteiger partial charge in [-0.15, -0.1) is 10.2 Å². The van der Waals surface area contributed by atoms with Crippen molar-refractivity contribution in [3.05, 3.63) is 75.4 Å². The third-order valence-electron chi connectivity index (χ3n) is 3.60. The molecule has 2 heterocycles. The van der Waals surface area contributed by atoms with Crippen LogP contribution in [-0.2, 0) is 6.54 Å². The molecule has 0 atom stereocenters. The van der Waals surface area contributed by atoms with Crippen LogP contribution in [0.4, 0.5) is 4.39 Å². The molecular formula is C17H12BrFN4. The van der Waals surface area contributed by atoms with E-state index >= 15 is 0 Å². The van der Waals surface area contributed by atoms with Crippen molar-refractivity contribution >= 4 is 21.6 Å². The Bertz CT molecular complexity index is 1110. The summed E-state index contributed by atoms with van der Waals surface area (Å²) in [4.78, 5) is 4.45. The lowest BCUT2D eigenvalue weighted by Gasteiger charge is -2.13. The van der Waals surface area contributed by atoms with Gasteiger partial charge in [-0.3, -0.25) is 9.56 Å². The topological polar surface area (TPSA) is 43.1 Å². The normalized spacial score (nSPS) is 15.5. The molecule has 6 heteroatoms. The fourth-order valence-corrected chi connectivity index (χ4v) is 2.99. The van der Waals surface area contributed by atoms with Crippen molar-refractivity contribution in [1.29, 1.82) is 0 Å². The predicted octanol–water partition coefficient (Wildman–Crippen LogP) is 3.83. The highest BCUT2D eigenvalue weighted by Crippen LogP contribution is 2.28. The number of halogens is 2. The summed E-state index contributed by atoms with van der Waals surface area (Å²) in [6, 6.07) is 3.07. The summed E-state index contributed by atoms with van der Waals surface area (Å²) in [6.45, 7) is 1.90. The van der Waals surface area contributed by atoms with E-state index in [2.05, 4.69) is 31.1 Å². The van der Waals surface area contributed by atoms with E-state index in [4.69, 9.17) is 5.48 Å². The van der Waals surface area contributed by atoms with Crippen molar-refractivity contribution in [2.75, 3.05) is 0 Å². The Morgan fingerprint density at radius 1 is 1.22 bits per heavy atom. The van der Waals surface area contributed by atoms with Gasteiger partial charge in [-0.05, 0) is 37.2 Å². The fourth-order valence-electron chi connectivity index (χ4n) is 2.62. The van der Waals surface area contributed by atoms with Gasteiger partial charge in [0.2, 0.25) is 0 Å². The molecule has 0 unspecified atom stereocenters. The van der Waals surface area contributed by atoms with E-state index in [9.17, 15) is 4.39 Å². The molecule has 1 aliphatic heterocycles. The molecule has 4 nitrogen and oxygen atoms in total. The first-order chi connectivity index (χ1) is 12.8. The Balaban J connectivity index is 2.08. The van der Waals surface area contributed by atoms with Crippen molar-refractivity contribution in [3.8, 4) is 5.69 Å². The number of hydrogen-bond acceptors (Lipinski definition) is 3. The van der Waals surface area contributed by atoms with E-state index in [1.165, 1.54) is 0 Å². The minimum absolute atomic E-state index is 0.102. The van der Waals surface area contributed by atoms with Crippen LogP contribution in [0.25, 0.3) is 5.69 Å². The smallest absolute Gasteiger partial charge is 0.159 e. The minimum atomic E-state index is -1.03. The zero-order valence-electron chi connectivity index (χ0n) is 16.0. The van der Waals surface area contributed by atoms with Crippen LogP contribution >= 0.6 is 15.9 Å². The first kappa shape index (κ1) is 10.4. The van der Waals surface area contributed by atoms with Gasteiger partial charge in [-0.25, -0.2) is 4.39 Å². The van der Waals surface area contributed by atoms with Gasteiger partial charge in [-0.2, -0.15) is 0 Å². The standard InChI is InChI=1S/C17H12BrFN4/c1-10-21-22-16-9-20-17(12-4-2-3-5-14(12)19)13-8-11(18)6-7-15(13)23(10)16/h2-8H,9H2,1H3/i2D,3D,4D,5D. The summed E-state index contributed by atoms with van der Waals surface area (Å²) in [5.41, 5.74) is 1.09. The summed E-state index contributed by atoms with van der Waals surface area (Å²) >= 11 is 3.40. The molecule has 0 bridgehead atoms. The monoisotopic (exact) mass is 374 g/mol. The molecule has 1 aromatic heterocycles. The quantitative estimate of drug-likeness (QED) is 0.649. The molecule has 0 fully saturated rings. The number of hydrogen-bond donors (Lipinski definition) is 0. The molecule has 0 N–H and O–H groups in total. The van der Waals surface area contributed by atoms with Crippen molar-refractivity contribution < 1.29 is 9.87 Å². The first-order valence-corrected chi connectivity index (χ1v) is 7.62. The average Bonchev–Trinajstić information content (AvgIpc) is 2.93. The summed E-state index contributed by atoms with van der Waals surface area (Å²) in [5, 5.41) is 8.18. The molecular weight excluding hydrogens is 359 g/mol. The third-order valence-corrected chi connectivity index (χ3v) is 4.10. The second kappa shape index (κ2) is 5.38. The molecule has 0 spiro atoms. The number of fused-ring (bicyclic) bond motifs is 3. The van der Waals surface area contributed by atoms with Crippen molar-refractivity contribution in [2.45, 2.75) is 13.5 Å². The molecule has 3 aromatic rings. The maximum absolute atomic E-state index is 14.9. The number of rotatable bonds is 1. The number of aliphatic imine (C=N–C) groups is 1. The fraction of sp³-hybridized carbons (Fsp3) is 0.118. The van der Waals surface area contributed by atoms with Gasteiger partial charge in [0.05, 0.1) is 16.9 Å². The van der Waals surface area contributed by atoms with Gasteiger partial charge in [0.15, 0.2) is 5.82 Å². The molecule has 4 rings (SSSR count). The summed E-state index contributed by atoms with van der Waals surface area (Å²) in [6.07, 6.45) is 0. The van der Waals surface area contributed by atoms with E-state index in [0.717, 1.165) is 4.47 Å². The van der Waals surface area contributed by atoms with Crippen LogP contribution in [0.5, 0.6) is 0 Å². The number of aryl methyl sites for hydroxylation is 1. The molecule has 0 amide bonds. The van der Waals surface area contributed by atoms with Crippen LogP contribution in [0.2, 0.25) is 0 Å². The molecule has 0 radical (unpaired) electrons. The Hall–Kier alpha value is -2.34. The molecule has 23 heavy (non-hydrogen) atoms. The lowest BCUT2D eigenvalue weighted by molar-refractivity contribution is 0.625. The second-order valence-electron chi connectivity index (χ2n) is 5.01. The van der Waals surface area contributed by atoms with Gasteiger partial charge >= 0.3 is 0 Å². The Morgan fingerprint density at radius 2 is 2.04 bits per heavy atom. The second-order valence-corrected chi connectivity index (χ2v) is 5.93. The van der Waals surface area contributed by atoms with Crippen LogP contribution < -0.4 is 0 Å². The Kier molecular flexibility index (Phi) is 2.44. The molecule has 0 saturated heterocycles. The van der Waals surface area contributed by atoms with E-state index in [0.29, 0.717) is 22.9 Å². The number of benzene rings is 2. The van der Waals surface area contributed by atoms with Crippen LogP contribution in [0, 0.1) is 12.7 Å². The van der Waals surface area contributed by atoms with Gasteiger partial charge in [0.25, 0.3) is 0 Å². The van der Waals surface area contributed by atoms with Gasteiger partial charge < -0.3 is 0 Å². The van der Waals surface area contributed by atoms with Crippen molar-refractivity contribution in [1.82, 2.24) is 14.8 Å². The first-order valence-electron chi connectivity index (χ1n) is 8.83. The lowest BCUT2D eigenvalue weighted by Crippen LogP contribution is -2.09. The van der Waals surface area contributed by atoms with Crippen molar-refractivity contribution in [3.63, 3.8) is 0 Å². The zero-order chi connectivity index (χ0) is 19.5. The van der Waals surface area contributed by atoms with E-state index < -0.39 is 30.0 Å². The Morgan fingerprint density at radius 3 is 2.91 bits per heavy atom. The molecule has 114 valence electrons. The summed E-state index contributed by atoms with van der Waals surface area (Å²) in [7, 11) is 0. The largest absolute Gasteiger partial charge is 0.281 e. The number of nitrogens with zero attached hydrogens (tertiary/aromatic N) is 4. The zero-order valence-corrected chi connectivity index (χ0v) is 13.6. The van der Waals surface area contributed by atoms with Gasteiger partial charge in [0.1, 0.15) is 18.2 Å².